The van der Waals surface area contributed by atoms with Crippen molar-refractivity contribution in [3.63, 3.8) is 0 Å². The maximum absolute atomic E-state index is 10.9. The van der Waals surface area contributed by atoms with Crippen LogP contribution in [-0.2, 0) is 13.2 Å². The summed E-state index contributed by atoms with van der Waals surface area (Å²) in [4.78, 5) is 2.25. The molecule has 28 heavy (non-hydrogen) atoms. The number of aryl methyl sites for hydroxylation is 2. The Balaban J connectivity index is 2.06. The molecule has 2 aromatic carbocycles. The Labute approximate surface area is 170 Å². The van der Waals surface area contributed by atoms with Gasteiger partial charge in [0.1, 0.15) is 0 Å². The summed E-state index contributed by atoms with van der Waals surface area (Å²) in [6, 6.07) is 14.3. The Hall–Kier alpha value is -2.77. The van der Waals surface area contributed by atoms with Crippen LogP contribution in [0, 0.1) is 13.8 Å². The van der Waals surface area contributed by atoms with Gasteiger partial charge in [0.15, 0.2) is 5.69 Å². The predicted octanol–water partition coefficient (Wildman–Crippen LogP) is 4.77. The third kappa shape index (κ3) is 4.05. The number of aromatic nitrogens is 1. The number of nitrogens with zero attached hydrogens (tertiary/aromatic N) is 4. The fourth-order valence-corrected chi connectivity index (χ4v) is 3.36. The summed E-state index contributed by atoms with van der Waals surface area (Å²) in [5, 5.41) is 19.7. The third-order valence-corrected chi connectivity index (χ3v) is 5.08. The van der Waals surface area contributed by atoms with Crippen LogP contribution in [0.5, 0.6) is 5.88 Å². The average Bonchev–Trinajstić information content (AvgIpc) is 2.95. The van der Waals surface area contributed by atoms with E-state index in [-0.39, 0.29) is 11.0 Å². The molecule has 0 saturated heterocycles. The molecule has 0 unspecified atom stereocenters. The van der Waals surface area contributed by atoms with Gasteiger partial charge in [0.05, 0.1) is 12.2 Å². The molecule has 0 aliphatic carbocycles. The van der Waals surface area contributed by atoms with Gasteiger partial charge in [-0.05, 0) is 55.4 Å². The van der Waals surface area contributed by atoms with E-state index in [2.05, 4.69) is 40.3 Å². The molecule has 1 aromatic heterocycles. The number of nitrogens with two attached hydrogens (primary N) is 1. The molecule has 0 atom stereocenters. The van der Waals surface area contributed by atoms with Gasteiger partial charge >= 0.3 is 0 Å². The van der Waals surface area contributed by atoms with Gasteiger partial charge in [-0.25, -0.2) is 0 Å². The largest absolute Gasteiger partial charge is 0.493 e. The fraction of sp³-hybridized carbons (Fsp3) is 0.286. The zero-order valence-corrected chi connectivity index (χ0v) is 17.2. The Bertz CT molecular complexity index is 1030. The van der Waals surface area contributed by atoms with E-state index in [0.717, 1.165) is 35.1 Å². The smallest absolute Gasteiger partial charge is 0.221 e. The number of azo groups is 1. The second kappa shape index (κ2) is 8.50. The first-order chi connectivity index (χ1) is 13.4. The lowest BCUT2D eigenvalue weighted by molar-refractivity contribution is 0.214. The van der Waals surface area contributed by atoms with Gasteiger partial charge < -0.3 is 10.8 Å². The standard InChI is InChI=1S/C21H25N5OS/c1-4-25(12-16-8-6-5-7-9-16)13-26-17-11-10-14(2)15(3)18(17)19(20(26)27)23-24-21(22)28/h5-11,27H,4,12-13H2,1-3H3,(H2,22,28). The molecule has 146 valence electrons. The number of hydrogen-bond acceptors (Lipinski definition) is 4. The first kappa shape index (κ1) is 20.0. The molecule has 7 heteroatoms. The summed E-state index contributed by atoms with van der Waals surface area (Å²) in [5.41, 5.74) is 10.2. The average molecular weight is 396 g/mol. The molecule has 0 spiro atoms. The highest BCUT2D eigenvalue weighted by Gasteiger charge is 2.20. The molecular weight excluding hydrogens is 370 g/mol. The van der Waals surface area contributed by atoms with E-state index in [1.807, 2.05) is 42.7 Å². The van der Waals surface area contributed by atoms with E-state index >= 15 is 0 Å². The molecular formula is C21H25N5OS. The monoisotopic (exact) mass is 395 g/mol. The first-order valence-electron chi connectivity index (χ1n) is 9.21. The summed E-state index contributed by atoms with van der Waals surface area (Å²) >= 11 is 4.81. The highest BCUT2D eigenvalue weighted by atomic mass is 32.1. The van der Waals surface area contributed by atoms with Crippen molar-refractivity contribution in [1.29, 1.82) is 0 Å². The highest BCUT2D eigenvalue weighted by molar-refractivity contribution is 7.80. The number of benzene rings is 2. The van der Waals surface area contributed by atoms with Crippen LogP contribution in [0.3, 0.4) is 0 Å². The Kier molecular flexibility index (Phi) is 6.06. The van der Waals surface area contributed by atoms with Crippen LogP contribution in [0.2, 0.25) is 0 Å². The molecule has 0 aliphatic heterocycles. The number of fused-ring (bicyclic) bond motifs is 1. The van der Waals surface area contributed by atoms with Crippen molar-refractivity contribution >= 4 is 33.9 Å². The van der Waals surface area contributed by atoms with E-state index < -0.39 is 0 Å². The van der Waals surface area contributed by atoms with Gasteiger partial charge in [0.25, 0.3) is 0 Å². The van der Waals surface area contributed by atoms with Crippen molar-refractivity contribution in [3.8, 4) is 5.88 Å². The lowest BCUT2D eigenvalue weighted by Gasteiger charge is -2.22. The van der Waals surface area contributed by atoms with Crippen LogP contribution in [0.4, 0.5) is 5.69 Å². The normalized spacial score (nSPS) is 11.7. The number of thiocarbonyl (C=S) groups is 1. The van der Waals surface area contributed by atoms with E-state index in [4.69, 9.17) is 18.0 Å². The minimum absolute atomic E-state index is 0.0649. The summed E-state index contributed by atoms with van der Waals surface area (Å²) in [6.07, 6.45) is 0. The Morgan fingerprint density at radius 3 is 2.54 bits per heavy atom. The molecule has 3 aromatic rings. The van der Waals surface area contributed by atoms with Gasteiger partial charge in [-0.3, -0.25) is 9.47 Å². The quantitative estimate of drug-likeness (QED) is 0.465. The van der Waals surface area contributed by atoms with Crippen molar-refractivity contribution in [2.75, 3.05) is 6.54 Å². The lowest BCUT2D eigenvalue weighted by Crippen LogP contribution is -2.25. The third-order valence-electron chi connectivity index (χ3n) is 5.00. The minimum Gasteiger partial charge on any atom is -0.493 e. The Morgan fingerprint density at radius 2 is 1.89 bits per heavy atom. The van der Waals surface area contributed by atoms with E-state index in [0.29, 0.717) is 12.4 Å². The number of rotatable bonds is 6. The van der Waals surface area contributed by atoms with E-state index in [1.54, 1.807) is 0 Å². The van der Waals surface area contributed by atoms with Gasteiger partial charge in [0, 0.05) is 11.9 Å². The van der Waals surface area contributed by atoms with Crippen molar-refractivity contribution in [2.24, 2.45) is 16.0 Å². The Morgan fingerprint density at radius 1 is 1.18 bits per heavy atom. The maximum atomic E-state index is 10.9. The SMILES string of the molecule is CCN(Cc1ccccc1)Cn1c(O)c(N=NC(N)=S)c2c(C)c(C)ccc21. The van der Waals surface area contributed by atoms with Gasteiger partial charge in [-0.1, -0.05) is 43.3 Å². The first-order valence-corrected chi connectivity index (χ1v) is 9.62. The lowest BCUT2D eigenvalue weighted by atomic mass is 10.1. The van der Waals surface area contributed by atoms with Crippen LogP contribution >= 0.6 is 12.2 Å². The zero-order valence-electron chi connectivity index (χ0n) is 16.4. The summed E-state index contributed by atoms with van der Waals surface area (Å²) in [7, 11) is 0. The maximum Gasteiger partial charge on any atom is 0.221 e. The van der Waals surface area contributed by atoms with Crippen LogP contribution in [0.1, 0.15) is 23.6 Å². The second-order valence-corrected chi connectivity index (χ2v) is 7.23. The molecule has 3 rings (SSSR count). The molecule has 6 nitrogen and oxygen atoms in total. The van der Waals surface area contributed by atoms with E-state index in [1.165, 1.54) is 5.56 Å². The highest BCUT2D eigenvalue weighted by Crippen LogP contribution is 2.41. The second-order valence-electron chi connectivity index (χ2n) is 6.81. The van der Waals surface area contributed by atoms with Crippen LogP contribution < -0.4 is 5.73 Å². The van der Waals surface area contributed by atoms with Gasteiger partial charge in [-0.15, -0.1) is 10.2 Å². The van der Waals surface area contributed by atoms with Crippen molar-refractivity contribution in [2.45, 2.75) is 34.0 Å². The molecule has 1 heterocycles. The van der Waals surface area contributed by atoms with Crippen LogP contribution in [0.25, 0.3) is 10.9 Å². The summed E-state index contributed by atoms with van der Waals surface area (Å²) < 4.78 is 1.86. The zero-order chi connectivity index (χ0) is 20.3. The molecule has 0 bridgehead atoms. The molecule has 0 radical (unpaired) electrons. The molecule has 0 aliphatic rings. The van der Waals surface area contributed by atoms with Gasteiger partial charge in [-0.2, -0.15) is 0 Å². The number of aromatic hydroxyl groups is 1. The number of hydrogen-bond donors (Lipinski definition) is 2. The topological polar surface area (TPSA) is 79.1 Å². The molecule has 3 N–H and O–H groups in total. The van der Waals surface area contributed by atoms with Crippen LogP contribution in [-0.4, -0.2) is 26.2 Å². The van der Waals surface area contributed by atoms with E-state index in [9.17, 15) is 5.11 Å². The van der Waals surface area contributed by atoms with Crippen molar-refractivity contribution in [1.82, 2.24) is 9.47 Å². The summed E-state index contributed by atoms with van der Waals surface area (Å²) in [6.45, 7) is 8.30. The van der Waals surface area contributed by atoms with Crippen molar-refractivity contribution in [3.05, 3.63) is 59.2 Å². The van der Waals surface area contributed by atoms with Gasteiger partial charge in [0.2, 0.25) is 11.0 Å². The fourth-order valence-electron chi connectivity index (χ4n) is 3.32. The predicted molar refractivity (Wildman–Crippen MR) is 117 cm³/mol. The molecule has 0 fully saturated rings. The minimum atomic E-state index is -0.0649. The molecule has 0 saturated carbocycles. The van der Waals surface area contributed by atoms with Crippen LogP contribution in [0.15, 0.2) is 52.7 Å². The van der Waals surface area contributed by atoms with Crippen molar-refractivity contribution < 1.29 is 5.11 Å². The summed E-state index contributed by atoms with van der Waals surface area (Å²) in [5.74, 6) is 0.0650. The molecule has 0 amide bonds.